The van der Waals surface area contributed by atoms with Crippen molar-refractivity contribution in [2.75, 3.05) is 18.0 Å². The second kappa shape index (κ2) is 7.63. The summed E-state index contributed by atoms with van der Waals surface area (Å²) in [6.07, 6.45) is 0.770. The average molecular weight is 350 g/mol. The Morgan fingerprint density at radius 1 is 1.32 bits per heavy atom. The third kappa shape index (κ3) is 3.81. The highest BCUT2D eigenvalue weighted by atomic mass is 19.1. The van der Waals surface area contributed by atoms with Crippen LogP contribution in [0.25, 0.3) is 0 Å². The van der Waals surface area contributed by atoms with Gasteiger partial charge in [0.15, 0.2) is 0 Å². The van der Waals surface area contributed by atoms with Crippen LogP contribution >= 0.6 is 0 Å². The van der Waals surface area contributed by atoms with Gasteiger partial charge in [0.05, 0.1) is 17.0 Å². The number of aliphatic carboxylic acids is 1. The summed E-state index contributed by atoms with van der Waals surface area (Å²) >= 11 is 0. The summed E-state index contributed by atoms with van der Waals surface area (Å²) in [6, 6.07) is 5.92. The van der Waals surface area contributed by atoms with Crippen molar-refractivity contribution in [3.8, 4) is 0 Å². The molecule has 6 nitrogen and oxygen atoms in total. The van der Waals surface area contributed by atoms with Crippen LogP contribution in [0.3, 0.4) is 0 Å². The molecule has 0 aromatic heterocycles. The van der Waals surface area contributed by atoms with Crippen molar-refractivity contribution in [3.05, 3.63) is 30.1 Å². The maximum absolute atomic E-state index is 13.9. The first-order valence-corrected chi connectivity index (χ1v) is 8.40. The van der Waals surface area contributed by atoms with E-state index in [1.54, 1.807) is 19.9 Å². The summed E-state index contributed by atoms with van der Waals surface area (Å²) in [5.74, 6) is -2.78. The number of carbonyl (C=O) groups is 3. The van der Waals surface area contributed by atoms with E-state index < -0.39 is 23.1 Å². The third-order valence-electron chi connectivity index (χ3n) is 5.05. The van der Waals surface area contributed by atoms with Gasteiger partial charge in [0, 0.05) is 19.5 Å². The Balaban J connectivity index is 2.03. The fraction of sp³-hybridized carbons (Fsp3) is 0.500. The number of rotatable bonds is 7. The van der Waals surface area contributed by atoms with E-state index in [1.807, 2.05) is 0 Å². The van der Waals surface area contributed by atoms with Gasteiger partial charge in [-0.3, -0.25) is 14.4 Å². The van der Waals surface area contributed by atoms with Crippen molar-refractivity contribution in [2.45, 2.75) is 33.1 Å². The first kappa shape index (κ1) is 18.9. The zero-order chi connectivity index (χ0) is 18.6. The quantitative estimate of drug-likeness (QED) is 0.789. The van der Waals surface area contributed by atoms with Crippen LogP contribution < -0.4 is 10.2 Å². The number of carboxylic acids is 1. The lowest BCUT2D eigenvalue weighted by molar-refractivity contribution is -0.149. The minimum atomic E-state index is -1.01. The van der Waals surface area contributed by atoms with Gasteiger partial charge < -0.3 is 15.3 Å². The van der Waals surface area contributed by atoms with Crippen LogP contribution in [0.1, 0.15) is 33.1 Å². The number of para-hydroxylation sites is 1. The van der Waals surface area contributed by atoms with E-state index in [-0.39, 0.29) is 37.0 Å². The summed E-state index contributed by atoms with van der Waals surface area (Å²) in [7, 11) is 0. The van der Waals surface area contributed by atoms with Gasteiger partial charge in [0.25, 0.3) is 0 Å². The summed E-state index contributed by atoms with van der Waals surface area (Å²) in [6.45, 7) is 3.63. The average Bonchev–Trinajstić information content (AvgIpc) is 2.98. The summed E-state index contributed by atoms with van der Waals surface area (Å²) in [4.78, 5) is 37.3. The lowest BCUT2D eigenvalue weighted by atomic mass is 9.82. The Morgan fingerprint density at radius 3 is 2.52 bits per heavy atom. The summed E-state index contributed by atoms with van der Waals surface area (Å²) in [5, 5.41) is 12.1. The molecule has 1 aliphatic heterocycles. The molecule has 0 radical (unpaired) electrons. The van der Waals surface area contributed by atoms with E-state index in [0.717, 1.165) is 0 Å². The smallest absolute Gasteiger partial charge is 0.311 e. The first-order chi connectivity index (χ1) is 11.8. The van der Waals surface area contributed by atoms with Crippen molar-refractivity contribution in [2.24, 2.45) is 11.3 Å². The minimum Gasteiger partial charge on any atom is -0.481 e. The molecule has 0 aliphatic carbocycles. The molecular formula is C18H23FN2O4. The maximum atomic E-state index is 13.9. The second-order valence-electron chi connectivity index (χ2n) is 6.37. The highest BCUT2D eigenvalue weighted by Crippen LogP contribution is 2.29. The molecule has 1 aromatic carbocycles. The minimum absolute atomic E-state index is 0.0125. The Kier molecular flexibility index (Phi) is 5.77. The standard InChI is InChI=1S/C18H23FN2O4/c1-3-18(4-2,17(24)25)11-20-16(23)12-9-15(22)21(10-12)14-8-6-5-7-13(14)19/h5-8,12H,3-4,9-11H2,1-2H3,(H,20,23)(H,24,25). The molecule has 25 heavy (non-hydrogen) atoms. The van der Waals surface area contributed by atoms with Gasteiger partial charge in [-0.15, -0.1) is 0 Å². The Bertz CT molecular complexity index is 673. The number of anilines is 1. The number of nitrogens with one attached hydrogen (secondary N) is 1. The van der Waals surface area contributed by atoms with Crippen LogP contribution in [-0.2, 0) is 14.4 Å². The van der Waals surface area contributed by atoms with Crippen molar-refractivity contribution in [1.29, 1.82) is 0 Å². The monoisotopic (exact) mass is 350 g/mol. The number of benzene rings is 1. The highest BCUT2D eigenvalue weighted by Gasteiger charge is 2.39. The molecule has 0 saturated carbocycles. The molecule has 1 aliphatic rings. The normalized spacial score (nSPS) is 17.6. The van der Waals surface area contributed by atoms with Gasteiger partial charge in [-0.25, -0.2) is 4.39 Å². The van der Waals surface area contributed by atoms with E-state index in [9.17, 15) is 23.9 Å². The number of hydrogen-bond acceptors (Lipinski definition) is 3. The van der Waals surface area contributed by atoms with E-state index in [1.165, 1.54) is 23.1 Å². The van der Waals surface area contributed by atoms with Crippen LogP contribution in [0.2, 0.25) is 0 Å². The number of nitrogens with zero attached hydrogens (tertiary/aromatic N) is 1. The van der Waals surface area contributed by atoms with Crippen LogP contribution in [0.15, 0.2) is 24.3 Å². The van der Waals surface area contributed by atoms with Crippen molar-refractivity contribution < 1.29 is 23.9 Å². The molecule has 1 atom stereocenters. The predicted octanol–water partition coefficient (Wildman–Crippen LogP) is 2.19. The molecule has 2 N–H and O–H groups in total. The molecule has 1 fully saturated rings. The van der Waals surface area contributed by atoms with Crippen molar-refractivity contribution in [1.82, 2.24) is 5.32 Å². The van der Waals surface area contributed by atoms with Gasteiger partial charge >= 0.3 is 5.97 Å². The molecule has 2 amide bonds. The van der Waals surface area contributed by atoms with Crippen molar-refractivity contribution in [3.63, 3.8) is 0 Å². The molecule has 1 aromatic rings. The van der Waals surface area contributed by atoms with E-state index in [2.05, 4.69) is 5.32 Å². The fourth-order valence-electron chi connectivity index (χ4n) is 3.07. The van der Waals surface area contributed by atoms with Gasteiger partial charge in [-0.05, 0) is 25.0 Å². The Hall–Kier alpha value is -2.44. The molecular weight excluding hydrogens is 327 g/mol. The molecule has 2 rings (SSSR count). The molecule has 0 bridgehead atoms. The maximum Gasteiger partial charge on any atom is 0.311 e. The zero-order valence-corrected chi connectivity index (χ0v) is 14.4. The SMILES string of the molecule is CCC(CC)(CNC(=O)C1CC(=O)N(c2ccccc2F)C1)C(=O)O. The Morgan fingerprint density at radius 2 is 1.96 bits per heavy atom. The van der Waals surface area contributed by atoms with Gasteiger partial charge in [0.1, 0.15) is 5.82 Å². The van der Waals surface area contributed by atoms with Gasteiger partial charge in [-0.1, -0.05) is 26.0 Å². The number of amides is 2. The highest BCUT2D eigenvalue weighted by molar-refractivity contribution is 6.00. The van der Waals surface area contributed by atoms with E-state index >= 15 is 0 Å². The fourth-order valence-corrected chi connectivity index (χ4v) is 3.07. The van der Waals surface area contributed by atoms with E-state index in [4.69, 9.17) is 0 Å². The summed E-state index contributed by atoms with van der Waals surface area (Å²) < 4.78 is 13.9. The molecule has 7 heteroatoms. The molecule has 136 valence electrons. The van der Waals surface area contributed by atoms with Crippen LogP contribution in [0.4, 0.5) is 10.1 Å². The predicted molar refractivity (Wildman–Crippen MR) is 90.5 cm³/mol. The van der Waals surface area contributed by atoms with Crippen LogP contribution in [0.5, 0.6) is 0 Å². The van der Waals surface area contributed by atoms with Gasteiger partial charge in [-0.2, -0.15) is 0 Å². The topological polar surface area (TPSA) is 86.7 Å². The first-order valence-electron chi connectivity index (χ1n) is 8.40. The van der Waals surface area contributed by atoms with Crippen LogP contribution in [-0.4, -0.2) is 36.0 Å². The summed E-state index contributed by atoms with van der Waals surface area (Å²) in [5.41, 5.74) is -0.853. The number of carbonyl (C=O) groups excluding carboxylic acids is 2. The molecule has 0 spiro atoms. The Labute approximate surface area is 146 Å². The van der Waals surface area contributed by atoms with Crippen LogP contribution in [0, 0.1) is 17.2 Å². The van der Waals surface area contributed by atoms with Gasteiger partial charge in [0.2, 0.25) is 11.8 Å². The van der Waals surface area contributed by atoms with Crippen molar-refractivity contribution >= 4 is 23.5 Å². The second-order valence-corrected chi connectivity index (χ2v) is 6.37. The molecule has 1 heterocycles. The molecule has 1 saturated heterocycles. The number of carboxylic acid groups (broad SMARTS) is 1. The lowest BCUT2D eigenvalue weighted by Gasteiger charge is -2.27. The molecule has 1 unspecified atom stereocenters. The lowest BCUT2D eigenvalue weighted by Crippen LogP contribution is -2.44. The van der Waals surface area contributed by atoms with E-state index in [0.29, 0.717) is 12.8 Å². The zero-order valence-electron chi connectivity index (χ0n) is 14.4. The third-order valence-corrected chi connectivity index (χ3v) is 5.05. The largest absolute Gasteiger partial charge is 0.481 e. The number of halogens is 1. The number of hydrogen-bond donors (Lipinski definition) is 2.